The van der Waals surface area contributed by atoms with Crippen LogP contribution in [0.5, 0.6) is 0 Å². The molecule has 0 saturated heterocycles. The van der Waals surface area contributed by atoms with Gasteiger partial charge in [-0.05, 0) is 110 Å². The van der Waals surface area contributed by atoms with Crippen molar-refractivity contribution < 1.29 is 0 Å². The van der Waals surface area contributed by atoms with Crippen LogP contribution < -0.4 is 4.90 Å². The first-order valence-electron chi connectivity index (χ1n) is 22.0. The molecule has 0 aliphatic carbocycles. The topological polar surface area (TPSA) is 8.17 Å². The zero-order valence-corrected chi connectivity index (χ0v) is 35.1. The largest absolute Gasteiger partial charge is 0.310 e. The number of anilines is 3. The highest BCUT2D eigenvalue weighted by molar-refractivity contribution is 6.14. The Kier molecular flexibility index (Phi) is 9.20. The number of benzene rings is 11. The average molecular weight is 815 g/mol. The number of hydrogen-bond acceptors (Lipinski definition) is 1. The van der Waals surface area contributed by atoms with Gasteiger partial charge in [-0.25, -0.2) is 0 Å². The van der Waals surface area contributed by atoms with Crippen molar-refractivity contribution in [1.29, 1.82) is 0 Å². The summed E-state index contributed by atoms with van der Waals surface area (Å²) in [7, 11) is 0. The molecule has 0 aliphatic heterocycles. The van der Waals surface area contributed by atoms with Gasteiger partial charge in [0.15, 0.2) is 0 Å². The van der Waals surface area contributed by atoms with E-state index in [2.05, 4.69) is 264 Å². The second-order valence-electron chi connectivity index (χ2n) is 16.4. The first-order valence-corrected chi connectivity index (χ1v) is 22.0. The number of para-hydroxylation sites is 3. The van der Waals surface area contributed by atoms with Crippen LogP contribution in [0.15, 0.2) is 255 Å². The summed E-state index contributed by atoms with van der Waals surface area (Å²) in [6, 6.07) is 92.7. The van der Waals surface area contributed by atoms with E-state index in [0.717, 1.165) is 28.3 Å². The summed E-state index contributed by atoms with van der Waals surface area (Å²) >= 11 is 0. The summed E-state index contributed by atoms with van der Waals surface area (Å²) in [5.41, 5.74) is 16.3. The number of aromatic nitrogens is 1. The monoisotopic (exact) mass is 814 g/mol. The number of nitrogens with zero attached hydrogens (tertiary/aromatic N) is 2. The third kappa shape index (κ3) is 6.35. The van der Waals surface area contributed by atoms with Crippen LogP contribution >= 0.6 is 0 Å². The molecule has 12 rings (SSSR count). The van der Waals surface area contributed by atoms with E-state index in [-0.39, 0.29) is 0 Å². The Balaban J connectivity index is 1.03. The van der Waals surface area contributed by atoms with E-state index in [1.54, 1.807) is 0 Å². The molecule has 300 valence electrons. The predicted octanol–water partition coefficient (Wildman–Crippen LogP) is 17.2. The van der Waals surface area contributed by atoms with Gasteiger partial charge in [0, 0.05) is 33.3 Å². The van der Waals surface area contributed by atoms with E-state index < -0.39 is 0 Å². The fourth-order valence-electron chi connectivity index (χ4n) is 9.89. The molecule has 0 unspecified atom stereocenters. The summed E-state index contributed by atoms with van der Waals surface area (Å²) in [5, 5.41) is 7.54. The van der Waals surface area contributed by atoms with Crippen molar-refractivity contribution in [2.45, 2.75) is 0 Å². The Morgan fingerprint density at radius 2 is 0.750 bits per heavy atom. The first kappa shape index (κ1) is 37.3. The molecule has 1 aromatic heterocycles. The van der Waals surface area contributed by atoms with Gasteiger partial charge < -0.3 is 9.47 Å². The molecule has 1 heterocycles. The zero-order valence-electron chi connectivity index (χ0n) is 35.1. The van der Waals surface area contributed by atoms with Gasteiger partial charge in [-0.15, -0.1) is 0 Å². The third-order valence-corrected chi connectivity index (χ3v) is 12.8. The minimum Gasteiger partial charge on any atom is -0.310 e. The van der Waals surface area contributed by atoms with Gasteiger partial charge >= 0.3 is 0 Å². The van der Waals surface area contributed by atoms with Gasteiger partial charge in [0.2, 0.25) is 0 Å². The van der Waals surface area contributed by atoms with Crippen LogP contribution in [-0.4, -0.2) is 4.57 Å². The molecule has 0 fully saturated rings. The maximum Gasteiger partial charge on any atom is 0.0546 e. The highest BCUT2D eigenvalue weighted by atomic mass is 15.1. The molecule has 2 nitrogen and oxygen atoms in total. The normalized spacial score (nSPS) is 11.4. The molecule has 12 aromatic rings. The lowest BCUT2D eigenvalue weighted by Crippen LogP contribution is -2.11. The van der Waals surface area contributed by atoms with E-state index in [0.29, 0.717) is 0 Å². The quantitative estimate of drug-likeness (QED) is 0.139. The van der Waals surface area contributed by atoms with Crippen LogP contribution in [0, 0.1) is 0 Å². The molecule has 0 aliphatic rings. The molecule has 0 spiro atoms. The molecule has 11 aromatic carbocycles. The lowest BCUT2D eigenvalue weighted by atomic mass is 9.92. The smallest absolute Gasteiger partial charge is 0.0546 e. The third-order valence-electron chi connectivity index (χ3n) is 12.8. The lowest BCUT2D eigenvalue weighted by Gasteiger charge is -2.28. The van der Waals surface area contributed by atoms with Crippen molar-refractivity contribution in [3.05, 3.63) is 255 Å². The zero-order chi connectivity index (χ0) is 42.4. The molecule has 0 amide bonds. The van der Waals surface area contributed by atoms with Crippen molar-refractivity contribution in [1.82, 2.24) is 4.57 Å². The molecule has 2 heteroatoms. The Bertz CT molecular complexity index is 3590. The summed E-state index contributed by atoms with van der Waals surface area (Å²) in [5.74, 6) is 0. The molecular weight excluding hydrogens is 773 g/mol. The van der Waals surface area contributed by atoms with E-state index in [9.17, 15) is 0 Å². The van der Waals surface area contributed by atoms with Gasteiger partial charge in [0.05, 0.1) is 22.4 Å². The van der Waals surface area contributed by atoms with Crippen LogP contribution in [0.2, 0.25) is 0 Å². The van der Waals surface area contributed by atoms with Crippen molar-refractivity contribution in [3.8, 4) is 50.2 Å². The molecule has 0 atom stereocenters. The lowest BCUT2D eigenvalue weighted by molar-refractivity contribution is 1.18. The molecule has 0 N–H and O–H groups in total. The number of fused-ring (bicyclic) bond motifs is 6. The molecule has 64 heavy (non-hydrogen) atoms. The van der Waals surface area contributed by atoms with Gasteiger partial charge in [-0.1, -0.05) is 200 Å². The van der Waals surface area contributed by atoms with Crippen molar-refractivity contribution >= 4 is 60.4 Å². The summed E-state index contributed by atoms with van der Waals surface area (Å²) in [6.07, 6.45) is 0. The Hall–Kier alpha value is -8.46. The molecule has 0 saturated carbocycles. The van der Waals surface area contributed by atoms with Gasteiger partial charge in [0.1, 0.15) is 0 Å². The summed E-state index contributed by atoms with van der Waals surface area (Å²) in [6.45, 7) is 0. The molecular formula is C62H42N2. The fourth-order valence-corrected chi connectivity index (χ4v) is 9.89. The van der Waals surface area contributed by atoms with Crippen LogP contribution in [0.25, 0.3) is 93.5 Å². The van der Waals surface area contributed by atoms with Gasteiger partial charge in [-0.3, -0.25) is 0 Å². The maximum atomic E-state index is 2.45. The van der Waals surface area contributed by atoms with Crippen LogP contribution in [0.4, 0.5) is 17.1 Å². The Labute approximate surface area is 373 Å². The summed E-state index contributed by atoms with van der Waals surface area (Å²) < 4.78 is 2.45. The Morgan fingerprint density at radius 3 is 1.41 bits per heavy atom. The molecule has 0 bridgehead atoms. The number of hydrogen-bond donors (Lipinski definition) is 0. The highest BCUT2D eigenvalue weighted by Crippen LogP contribution is 2.45. The Morgan fingerprint density at radius 1 is 0.281 bits per heavy atom. The summed E-state index contributed by atoms with van der Waals surface area (Å²) in [4.78, 5) is 2.41. The maximum absolute atomic E-state index is 2.45. The fraction of sp³-hybridized carbons (Fsp3) is 0. The highest BCUT2D eigenvalue weighted by Gasteiger charge is 2.21. The second-order valence-corrected chi connectivity index (χ2v) is 16.4. The van der Waals surface area contributed by atoms with Crippen molar-refractivity contribution in [2.75, 3.05) is 4.90 Å². The van der Waals surface area contributed by atoms with Crippen molar-refractivity contribution in [3.63, 3.8) is 0 Å². The number of rotatable bonds is 8. The van der Waals surface area contributed by atoms with E-state index in [1.807, 2.05) is 0 Å². The van der Waals surface area contributed by atoms with Crippen LogP contribution in [-0.2, 0) is 0 Å². The standard InChI is InChI=1S/C62H42N2/c1-3-18-43(19-4-1)51-24-11-14-30-58(51)63(48-38-34-45(35-39-48)57-42-47-22-7-8-23-50(47)53-25-9-10-26-54(53)57)49-40-36-46(37-41-49)62-52(44-20-5-2-6-21-44)29-17-33-61(62)64-59-31-15-12-27-55(59)56-28-13-16-32-60(56)64/h1-42H. The van der Waals surface area contributed by atoms with Crippen molar-refractivity contribution in [2.24, 2.45) is 0 Å². The SMILES string of the molecule is c1ccc(-c2ccccc2N(c2ccc(-c3c(-c4ccccc4)cccc3-n3c4ccccc4c4ccccc43)cc2)c2ccc(-c3cc4ccccc4c4ccccc34)cc2)cc1. The van der Waals surface area contributed by atoms with E-state index >= 15 is 0 Å². The van der Waals surface area contributed by atoms with Crippen LogP contribution in [0.3, 0.4) is 0 Å². The average Bonchev–Trinajstić information content (AvgIpc) is 3.71. The van der Waals surface area contributed by atoms with Crippen LogP contribution in [0.1, 0.15) is 0 Å². The first-order chi connectivity index (χ1) is 31.8. The minimum absolute atomic E-state index is 1.08. The van der Waals surface area contributed by atoms with Gasteiger partial charge in [0.25, 0.3) is 0 Å². The van der Waals surface area contributed by atoms with E-state index in [1.165, 1.54) is 82.3 Å². The van der Waals surface area contributed by atoms with E-state index in [4.69, 9.17) is 0 Å². The van der Waals surface area contributed by atoms with Gasteiger partial charge in [-0.2, -0.15) is 0 Å². The predicted molar refractivity (Wildman–Crippen MR) is 272 cm³/mol. The second kappa shape index (κ2) is 15.8. The molecule has 0 radical (unpaired) electrons. The minimum atomic E-state index is 1.08.